The van der Waals surface area contributed by atoms with Gasteiger partial charge in [-0.2, -0.15) is 5.10 Å². The molecule has 4 nitrogen and oxygen atoms in total. The number of benzene rings is 2. The van der Waals surface area contributed by atoms with Gasteiger partial charge in [-0.15, -0.1) is 0 Å². The highest BCUT2D eigenvalue weighted by Crippen LogP contribution is 2.22. The number of aromatic nitrogens is 2. The first-order valence-electron chi connectivity index (χ1n) is 7.96. The van der Waals surface area contributed by atoms with Crippen molar-refractivity contribution in [3.8, 4) is 5.69 Å². The molecule has 0 bridgehead atoms. The molecule has 0 spiro atoms. The fourth-order valence-corrected chi connectivity index (χ4v) is 2.85. The van der Waals surface area contributed by atoms with Crippen molar-refractivity contribution in [3.63, 3.8) is 0 Å². The number of amides is 1. The normalized spacial score (nSPS) is 10.7. The lowest BCUT2D eigenvalue weighted by Gasteiger charge is -2.11. The summed E-state index contributed by atoms with van der Waals surface area (Å²) in [6, 6.07) is 14.0. The number of anilines is 1. The van der Waals surface area contributed by atoms with Crippen molar-refractivity contribution in [2.45, 2.75) is 27.7 Å². The van der Waals surface area contributed by atoms with Gasteiger partial charge in [-0.25, -0.2) is 4.68 Å². The first-order chi connectivity index (χ1) is 11.5. The van der Waals surface area contributed by atoms with E-state index in [0.29, 0.717) is 5.56 Å². The summed E-state index contributed by atoms with van der Waals surface area (Å²) >= 11 is 0. The maximum absolute atomic E-state index is 12.7. The number of rotatable bonds is 3. The van der Waals surface area contributed by atoms with Gasteiger partial charge in [0.2, 0.25) is 0 Å². The lowest BCUT2D eigenvalue weighted by molar-refractivity contribution is 0.102. The molecule has 0 aliphatic heterocycles. The lowest BCUT2D eigenvalue weighted by Crippen LogP contribution is -2.14. The summed E-state index contributed by atoms with van der Waals surface area (Å²) in [5.41, 5.74) is 6.48. The molecule has 3 rings (SSSR count). The molecule has 0 aliphatic rings. The predicted octanol–water partition coefficient (Wildman–Crippen LogP) is 4.36. The molecular formula is C20H21N3O. The van der Waals surface area contributed by atoms with Gasteiger partial charge in [0.25, 0.3) is 5.91 Å². The molecule has 0 saturated heterocycles. The summed E-state index contributed by atoms with van der Waals surface area (Å²) in [5.74, 6) is -0.135. The molecule has 0 radical (unpaired) electrons. The molecule has 1 aromatic heterocycles. The minimum absolute atomic E-state index is 0.135. The number of nitrogens with zero attached hydrogens (tertiary/aromatic N) is 2. The number of carbonyl (C=O) groups excluding carboxylic acids is 1. The van der Waals surface area contributed by atoms with Crippen LogP contribution in [0, 0.1) is 27.7 Å². The molecule has 1 heterocycles. The Hall–Kier alpha value is -2.88. The van der Waals surface area contributed by atoms with Crippen molar-refractivity contribution in [1.29, 1.82) is 0 Å². The Morgan fingerprint density at radius 1 is 1.00 bits per heavy atom. The summed E-state index contributed by atoms with van der Waals surface area (Å²) in [5, 5.41) is 7.41. The fraction of sp³-hybridized carbons (Fsp3) is 0.200. The summed E-state index contributed by atoms with van der Waals surface area (Å²) in [6.45, 7) is 7.93. The van der Waals surface area contributed by atoms with E-state index in [1.807, 2.05) is 70.2 Å². The Morgan fingerprint density at radius 2 is 1.67 bits per heavy atom. The van der Waals surface area contributed by atoms with Crippen molar-refractivity contribution in [3.05, 3.63) is 76.6 Å². The number of carbonyl (C=O) groups is 1. The van der Waals surface area contributed by atoms with Crippen LogP contribution in [0.4, 0.5) is 5.69 Å². The topological polar surface area (TPSA) is 46.9 Å². The first kappa shape index (κ1) is 16.0. The van der Waals surface area contributed by atoms with E-state index in [1.165, 1.54) is 0 Å². The first-order valence-corrected chi connectivity index (χ1v) is 7.96. The van der Waals surface area contributed by atoms with Gasteiger partial charge in [0.1, 0.15) is 0 Å². The quantitative estimate of drug-likeness (QED) is 0.780. The monoisotopic (exact) mass is 319 g/mol. The number of nitrogens with one attached hydrogen (secondary N) is 1. The van der Waals surface area contributed by atoms with Gasteiger partial charge in [-0.05, 0) is 56.5 Å². The Morgan fingerprint density at radius 3 is 2.33 bits per heavy atom. The molecule has 0 atom stereocenters. The average Bonchev–Trinajstić information content (AvgIpc) is 2.92. The van der Waals surface area contributed by atoms with Crippen LogP contribution in [0.2, 0.25) is 0 Å². The Bertz CT molecular complexity index is 889. The van der Waals surface area contributed by atoms with Crippen LogP contribution in [0.3, 0.4) is 0 Å². The van der Waals surface area contributed by atoms with Crippen LogP contribution in [0.5, 0.6) is 0 Å². The Balaban J connectivity index is 1.92. The lowest BCUT2D eigenvalue weighted by atomic mass is 10.1. The standard InChI is InChI=1S/C20H21N3O/c1-13-7-5-10-17(11-13)23-16(4)18(12-21-23)20(24)22-19-14(2)8-6-9-15(19)3/h5-12H,1-4H3,(H,22,24). The van der Waals surface area contributed by atoms with Gasteiger partial charge in [0, 0.05) is 5.69 Å². The highest BCUT2D eigenvalue weighted by atomic mass is 16.1. The van der Waals surface area contributed by atoms with E-state index >= 15 is 0 Å². The summed E-state index contributed by atoms with van der Waals surface area (Å²) < 4.78 is 1.80. The second-order valence-corrected chi connectivity index (χ2v) is 6.12. The zero-order chi connectivity index (χ0) is 17.3. The molecule has 1 N–H and O–H groups in total. The highest BCUT2D eigenvalue weighted by Gasteiger charge is 2.16. The average molecular weight is 319 g/mol. The van der Waals surface area contributed by atoms with E-state index in [0.717, 1.165) is 33.8 Å². The van der Waals surface area contributed by atoms with Crippen LogP contribution in [0.15, 0.2) is 48.7 Å². The van der Waals surface area contributed by atoms with Gasteiger partial charge in [0.15, 0.2) is 0 Å². The Kier molecular flexibility index (Phi) is 4.21. The third kappa shape index (κ3) is 2.95. The third-order valence-electron chi connectivity index (χ3n) is 4.22. The number of hydrogen-bond donors (Lipinski definition) is 1. The van der Waals surface area contributed by atoms with Crippen molar-refractivity contribution in [2.24, 2.45) is 0 Å². The molecule has 0 fully saturated rings. The van der Waals surface area contributed by atoms with Gasteiger partial charge >= 0.3 is 0 Å². The Labute approximate surface area is 142 Å². The smallest absolute Gasteiger partial charge is 0.259 e. The molecule has 4 heteroatoms. The second kappa shape index (κ2) is 6.32. The van der Waals surface area contributed by atoms with Crippen LogP contribution < -0.4 is 5.32 Å². The number of para-hydroxylation sites is 1. The SMILES string of the molecule is Cc1cccc(-n2ncc(C(=O)Nc3c(C)cccc3C)c2C)c1. The maximum atomic E-state index is 12.7. The summed E-state index contributed by atoms with van der Waals surface area (Å²) in [4.78, 5) is 12.7. The van der Waals surface area contributed by atoms with Gasteiger partial charge in [-0.1, -0.05) is 30.3 Å². The highest BCUT2D eigenvalue weighted by molar-refractivity contribution is 6.05. The van der Waals surface area contributed by atoms with Gasteiger partial charge in [0.05, 0.1) is 23.1 Å². The molecule has 122 valence electrons. The number of aryl methyl sites for hydroxylation is 3. The molecule has 1 amide bonds. The molecule has 2 aromatic carbocycles. The van der Waals surface area contributed by atoms with Crippen molar-refractivity contribution in [2.75, 3.05) is 5.32 Å². The maximum Gasteiger partial charge on any atom is 0.259 e. The van der Waals surface area contributed by atoms with Crippen molar-refractivity contribution < 1.29 is 4.79 Å². The number of hydrogen-bond acceptors (Lipinski definition) is 2. The molecule has 24 heavy (non-hydrogen) atoms. The molecule has 0 aliphatic carbocycles. The summed E-state index contributed by atoms with van der Waals surface area (Å²) in [7, 11) is 0. The zero-order valence-electron chi connectivity index (χ0n) is 14.4. The third-order valence-corrected chi connectivity index (χ3v) is 4.22. The molecule has 3 aromatic rings. The van der Waals surface area contributed by atoms with Crippen LogP contribution in [-0.4, -0.2) is 15.7 Å². The van der Waals surface area contributed by atoms with Gasteiger partial charge in [-0.3, -0.25) is 4.79 Å². The van der Waals surface area contributed by atoms with Crippen LogP contribution >= 0.6 is 0 Å². The predicted molar refractivity (Wildman–Crippen MR) is 96.9 cm³/mol. The minimum atomic E-state index is -0.135. The van der Waals surface area contributed by atoms with Crippen LogP contribution in [0.1, 0.15) is 32.7 Å². The van der Waals surface area contributed by atoms with Gasteiger partial charge < -0.3 is 5.32 Å². The molecular weight excluding hydrogens is 298 g/mol. The summed E-state index contributed by atoms with van der Waals surface area (Å²) in [6.07, 6.45) is 1.63. The van der Waals surface area contributed by atoms with E-state index in [9.17, 15) is 4.79 Å². The van der Waals surface area contributed by atoms with E-state index in [2.05, 4.69) is 10.4 Å². The van der Waals surface area contributed by atoms with Crippen molar-refractivity contribution in [1.82, 2.24) is 9.78 Å². The second-order valence-electron chi connectivity index (χ2n) is 6.12. The minimum Gasteiger partial charge on any atom is -0.321 e. The van der Waals surface area contributed by atoms with E-state index < -0.39 is 0 Å². The van der Waals surface area contributed by atoms with E-state index in [-0.39, 0.29) is 5.91 Å². The van der Waals surface area contributed by atoms with E-state index in [4.69, 9.17) is 0 Å². The molecule has 0 saturated carbocycles. The fourth-order valence-electron chi connectivity index (χ4n) is 2.85. The van der Waals surface area contributed by atoms with Crippen LogP contribution in [-0.2, 0) is 0 Å². The van der Waals surface area contributed by atoms with Crippen molar-refractivity contribution >= 4 is 11.6 Å². The molecule has 0 unspecified atom stereocenters. The van der Waals surface area contributed by atoms with Crippen LogP contribution in [0.25, 0.3) is 5.69 Å². The van der Waals surface area contributed by atoms with E-state index in [1.54, 1.807) is 10.9 Å². The zero-order valence-corrected chi connectivity index (χ0v) is 14.4. The largest absolute Gasteiger partial charge is 0.321 e.